The van der Waals surface area contributed by atoms with Gasteiger partial charge in [0.05, 0.1) is 22.6 Å². The van der Waals surface area contributed by atoms with Crippen molar-refractivity contribution in [1.29, 1.82) is 0 Å². The van der Waals surface area contributed by atoms with E-state index in [4.69, 9.17) is 0 Å². The number of carbonyl (C=O) groups excluding carboxylic acids is 1. The van der Waals surface area contributed by atoms with Crippen LogP contribution in [0.2, 0.25) is 0 Å². The van der Waals surface area contributed by atoms with Gasteiger partial charge in [0, 0.05) is 39.3 Å². The molecule has 0 aromatic heterocycles. The molecule has 2 heterocycles. The summed E-state index contributed by atoms with van der Waals surface area (Å²) in [5.41, 5.74) is -0.933. The van der Waals surface area contributed by atoms with E-state index in [9.17, 15) is 34.8 Å². The van der Waals surface area contributed by atoms with Gasteiger partial charge in [-0.25, -0.2) is 21.1 Å². The van der Waals surface area contributed by atoms with E-state index >= 15 is 0 Å². The Morgan fingerprint density at radius 3 is 2.03 bits per heavy atom. The summed E-state index contributed by atoms with van der Waals surface area (Å²) in [7, 11) is -7.38. The molecule has 0 aliphatic carbocycles. The van der Waals surface area contributed by atoms with E-state index in [2.05, 4.69) is 0 Å². The summed E-state index contributed by atoms with van der Waals surface area (Å²) in [6.07, 6.45) is -2.31. The molecule has 2 saturated heterocycles. The molecule has 2 aliphatic heterocycles. The number of hydrogen-bond acceptors (Lipinski definition) is 5. The lowest BCUT2D eigenvalue weighted by atomic mass is 9.98. The van der Waals surface area contributed by atoms with Crippen molar-refractivity contribution in [2.24, 2.45) is 5.92 Å². The molecule has 0 saturated carbocycles. The van der Waals surface area contributed by atoms with Crippen molar-refractivity contribution in [2.45, 2.75) is 23.9 Å². The quantitative estimate of drug-likeness (QED) is 0.642. The monoisotopic (exact) mass is 483 g/mol. The molecule has 3 rings (SSSR count). The molecule has 1 amide bonds. The second kappa shape index (κ2) is 8.68. The van der Waals surface area contributed by atoms with Crippen molar-refractivity contribution in [3.05, 3.63) is 29.8 Å². The van der Waals surface area contributed by atoms with Gasteiger partial charge in [-0.05, 0) is 37.1 Å². The summed E-state index contributed by atoms with van der Waals surface area (Å²) in [5, 5.41) is 0. The zero-order valence-corrected chi connectivity index (χ0v) is 18.5. The number of nitrogens with zero attached hydrogens (tertiary/aromatic N) is 3. The van der Waals surface area contributed by atoms with Crippen LogP contribution in [-0.2, 0) is 31.0 Å². The highest BCUT2D eigenvalue weighted by Gasteiger charge is 2.36. The van der Waals surface area contributed by atoms with Crippen molar-refractivity contribution < 1.29 is 34.8 Å². The number of piperidine rings is 1. The molecule has 31 heavy (non-hydrogen) atoms. The Labute approximate surface area is 179 Å². The highest BCUT2D eigenvalue weighted by Crippen LogP contribution is 2.30. The van der Waals surface area contributed by atoms with E-state index < -0.39 is 37.7 Å². The number of hydrogen-bond donors (Lipinski definition) is 0. The van der Waals surface area contributed by atoms with Gasteiger partial charge in [0.15, 0.2) is 0 Å². The number of alkyl halides is 3. The second-order valence-electron chi connectivity index (χ2n) is 7.71. The molecule has 0 N–H and O–H groups in total. The number of sulfonamides is 2. The second-order valence-corrected chi connectivity index (χ2v) is 11.6. The van der Waals surface area contributed by atoms with E-state index in [-0.39, 0.29) is 43.5 Å². The lowest BCUT2D eigenvalue weighted by molar-refractivity contribution is -0.138. The van der Waals surface area contributed by atoms with E-state index in [1.807, 2.05) is 0 Å². The first-order valence-electron chi connectivity index (χ1n) is 9.71. The molecule has 1 aromatic carbocycles. The van der Waals surface area contributed by atoms with Crippen molar-refractivity contribution >= 4 is 26.0 Å². The predicted octanol–water partition coefficient (Wildman–Crippen LogP) is 1.21. The van der Waals surface area contributed by atoms with E-state index in [0.29, 0.717) is 19.4 Å². The SMILES string of the molecule is CS(=O)(=O)N1CCCC(C(=O)N2CCN(S(=O)(=O)c3ccc(C(F)(F)F)cc3)CC2)C1. The summed E-state index contributed by atoms with van der Waals surface area (Å²) < 4.78 is 89.5. The average molecular weight is 484 g/mol. The largest absolute Gasteiger partial charge is 0.416 e. The average Bonchev–Trinajstić information content (AvgIpc) is 2.72. The Morgan fingerprint density at radius 1 is 0.935 bits per heavy atom. The number of benzene rings is 1. The van der Waals surface area contributed by atoms with Crippen LogP contribution in [0.3, 0.4) is 0 Å². The first kappa shape index (κ1) is 24.0. The molecular weight excluding hydrogens is 459 g/mol. The molecule has 8 nitrogen and oxygen atoms in total. The van der Waals surface area contributed by atoms with E-state index in [0.717, 1.165) is 34.8 Å². The van der Waals surface area contributed by atoms with Gasteiger partial charge in [-0.15, -0.1) is 0 Å². The zero-order chi connectivity index (χ0) is 23.0. The Hall–Kier alpha value is -1.70. The molecule has 0 spiro atoms. The predicted molar refractivity (Wildman–Crippen MR) is 106 cm³/mol. The van der Waals surface area contributed by atoms with Crippen LogP contribution in [0.25, 0.3) is 0 Å². The lowest BCUT2D eigenvalue weighted by Gasteiger charge is -2.38. The van der Waals surface area contributed by atoms with Crippen LogP contribution in [-0.4, -0.2) is 81.8 Å². The van der Waals surface area contributed by atoms with Crippen LogP contribution < -0.4 is 0 Å². The number of carbonyl (C=O) groups is 1. The first-order valence-corrected chi connectivity index (χ1v) is 13.0. The Balaban J connectivity index is 1.62. The molecule has 2 aliphatic rings. The highest BCUT2D eigenvalue weighted by atomic mass is 32.2. The fourth-order valence-corrected chi connectivity index (χ4v) is 6.15. The van der Waals surface area contributed by atoms with Gasteiger partial charge in [-0.2, -0.15) is 17.5 Å². The highest BCUT2D eigenvalue weighted by molar-refractivity contribution is 7.89. The van der Waals surface area contributed by atoms with Crippen molar-refractivity contribution in [3.63, 3.8) is 0 Å². The maximum Gasteiger partial charge on any atom is 0.416 e. The smallest absolute Gasteiger partial charge is 0.340 e. The third-order valence-corrected chi connectivity index (χ3v) is 8.75. The minimum atomic E-state index is -4.56. The molecule has 13 heteroatoms. The molecule has 1 atom stereocenters. The fourth-order valence-electron chi connectivity index (χ4n) is 3.82. The summed E-state index contributed by atoms with van der Waals surface area (Å²) in [6.45, 7) is 0.779. The number of amides is 1. The van der Waals surface area contributed by atoms with Crippen LogP contribution in [0.5, 0.6) is 0 Å². The zero-order valence-electron chi connectivity index (χ0n) is 16.9. The van der Waals surface area contributed by atoms with Gasteiger partial charge in [0.25, 0.3) is 0 Å². The number of rotatable bonds is 4. The molecule has 0 bridgehead atoms. The van der Waals surface area contributed by atoms with Gasteiger partial charge >= 0.3 is 6.18 Å². The molecule has 1 unspecified atom stereocenters. The van der Waals surface area contributed by atoms with Crippen molar-refractivity contribution in [1.82, 2.24) is 13.5 Å². The van der Waals surface area contributed by atoms with Gasteiger partial charge in [0.1, 0.15) is 0 Å². The molecular formula is C18H24F3N3O5S2. The Kier molecular flexibility index (Phi) is 6.71. The van der Waals surface area contributed by atoms with E-state index in [1.54, 1.807) is 0 Å². The van der Waals surface area contributed by atoms with Crippen LogP contribution in [0.15, 0.2) is 29.2 Å². The summed E-state index contributed by atoms with van der Waals surface area (Å²) in [6, 6.07) is 3.31. The van der Waals surface area contributed by atoms with Crippen molar-refractivity contribution in [3.8, 4) is 0 Å². The Morgan fingerprint density at radius 2 is 1.52 bits per heavy atom. The number of halogens is 3. The van der Waals surface area contributed by atoms with E-state index in [1.165, 1.54) is 9.21 Å². The fraction of sp³-hybridized carbons (Fsp3) is 0.611. The third kappa shape index (κ3) is 5.38. The third-order valence-electron chi connectivity index (χ3n) is 5.57. The minimum absolute atomic E-state index is 0.0115. The maximum absolute atomic E-state index is 12.8. The molecule has 174 valence electrons. The summed E-state index contributed by atoms with van der Waals surface area (Å²) in [5.74, 6) is -0.679. The molecule has 2 fully saturated rings. The standard InChI is InChI=1S/C18H24F3N3O5S2/c1-30(26,27)24-8-2-3-14(13-24)17(25)22-9-11-23(12-10-22)31(28,29)16-6-4-15(5-7-16)18(19,20)21/h4-7,14H,2-3,8-13H2,1H3. The summed E-state index contributed by atoms with van der Waals surface area (Å²) >= 11 is 0. The van der Waals surface area contributed by atoms with Crippen LogP contribution in [0, 0.1) is 5.92 Å². The number of piperazine rings is 1. The normalized spacial score (nSPS) is 22.5. The van der Waals surface area contributed by atoms with Gasteiger partial charge in [-0.1, -0.05) is 0 Å². The maximum atomic E-state index is 12.8. The van der Waals surface area contributed by atoms with Gasteiger partial charge < -0.3 is 4.90 Å². The topological polar surface area (TPSA) is 95.1 Å². The van der Waals surface area contributed by atoms with Crippen LogP contribution in [0.4, 0.5) is 13.2 Å². The van der Waals surface area contributed by atoms with Crippen LogP contribution in [0.1, 0.15) is 18.4 Å². The van der Waals surface area contributed by atoms with Gasteiger partial charge in [-0.3, -0.25) is 4.79 Å². The molecule has 0 radical (unpaired) electrons. The lowest BCUT2D eigenvalue weighted by Crippen LogP contribution is -2.53. The Bertz CT molecular complexity index is 1020. The van der Waals surface area contributed by atoms with Gasteiger partial charge in [0.2, 0.25) is 26.0 Å². The van der Waals surface area contributed by atoms with Crippen molar-refractivity contribution in [2.75, 3.05) is 45.5 Å². The van der Waals surface area contributed by atoms with Crippen LogP contribution >= 0.6 is 0 Å². The molecule has 1 aromatic rings. The first-order chi connectivity index (χ1) is 14.3. The summed E-state index contributed by atoms with van der Waals surface area (Å²) in [4.78, 5) is 14.1. The minimum Gasteiger partial charge on any atom is -0.340 e.